The lowest BCUT2D eigenvalue weighted by molar-refractivity contribution is -0.149. The molecule has 0 saturated heterocycles. The Balaban J connectivity index is 1.27. The third-order valence-electron chi connectivity index (χ3n) is 7.37. The van der Waals surface area contributed by atoms with Gasteiger partial charge < -0.3 is 14.2 Å². The first kappa shape index (κ1) is 28.0. The van der Waals surface area contributed by atoms with Gasteiger partial charge in [-0.05, 0) is 55.9 Å². The van der Waals surface area contributed by atoms with Crippen molar-refractivity contribution < 1.29 is 14.3 Å². The third kappa shape index (κ3) is 6.76. The lowest BCUT2D eigenvalue weighted by Crippen LogP contribution is -2.38. The van der Waals surface area contributed by atoms with Crippen molar-refractivity contribution >= 4 is 34.7 Å². The van der Waals surface area contributed by atoms with E-state index in [-0.39, 0.29) is 30.4 Å². The minimum Gasteiger partial charge on any atom is -0.461 e. The van der Waals surface area contributed by atoms with Crippen molar-refractivity contribution in [2.75, 3.05) is 12.3 Å². The topological polar surface area (TPSA) is 64.4 Å². The first-order chi connectivity index (χ1) is 19.5. The smallest absolute Gasteiger partial charge is 0.326 e. The molecule has 6 nitrogen and oxygen atoms in total. The minimum absolute atomic E-state index is 0.111. The molecule has 0 bridgehead atoms. The van der Waals surface area contributed by atoms with E-state index >= 15 is 0 Å². The number of benzene rings is 3. The van der Waals surface area contributed by atoms with E-state index in [0.717, 1.165) is 58.8 Å². The average Bonchev–Trinajstić information content (AvgIpc) is 3.76. The highest BCUT2D eigenvalue weighted by Gasteiger charge is 2.36. The fraction of sp³-hybridized carbons (Fsp3) is 0.364. The summed E-state index contributed by atoms with van der Waals surface area (Å²) in [5.41, 5.74) is 3.84. The van der Waals surface area contributed by atoms with Crippen molar-refractivity contribution in [1.29, 1.82) is 0 Å². The number of hydrogen-bond acceptors (Lipinski definition) is 5. The summed E-state index contributed by atoms with van der Waals surface area (Å²) < 4.78 is 7.50. The Morgan fingerprint density at radius 3 is 2.23 bits per heavy atom. The molecule has 3 aromatic carbocycles. The Kier molecular flexibility index (Phi) is 9.22. The molecule has 0 aliphatic heterocycles. The molecular weight excluding hydrogens is 518 g/mol. The highest BCUT2D eigenvalue weighted by atomic mass is 32.2. The van der Waals surface area contributed by atoms with E-state index in [2.05, 4.69) is 4.90 Å². The van der Waals surface area contributed by atoms with Crippen molar-refractivity contribution in [2.24, 2.45) is 0 Å². The average molecular weight is 556 g/mol. The van der Waals surface area contributed by atoms with Gasteiger partial charge in [-0.15, -0.1) is 0 Å². The molecule has 0 spiro atoms. The highest BCUT2D eigenvalue weighted by molar-refractivity contribution is 7.99. The van der Waals surface area contributed by atoms with Crippen molar-refractivity contribution in [3.63, 3.8) is 0 Å². The predicted molar refractivity (Wildman–Crippen MR) is 160 cm³/mol. The molecule has 1 saturated carbocycles. The monoisotopic (exact) mass is 555 g/mol. The number of para-hydroxylation sites is 2. The fourth-order valence-corrected chi connectivity index (χ4v) is 5.92. The molecule has 0 radical (unpaired) electrons. The van der Waals surface area contributed by atoms with Crippen LogP contribution in [0, 0.1) is 0 Å². The Morgan fingerprint density at radius 1 is 0.975 bits per heavy atom. The second-order valence-electron chi connectivity index (χ2n) is 10.4. The van der Waals surface area contributed by atoms with Gasteiger partial charge in [0.2, 0.25) is 5.91 Å². The molecule has 1 amide bonds. The maximum Gasteiger partial charge on any atom is 0.326 e. The molecule has 1 aliphatic rings. The molecule has 1 atom stereocenters. The third-order valence-corrected chi connectivity index (χ3v) is 8.43. The maximum atomic E-state index is 14.0. The second kappa shape index (κ2) is 13.2. The van der Waals surface area contributed by atoms with Gasteiger partial charge in [0.25, 0.3) is 0 Å². The van der Waals surface area contributed by atoms with Crippen LogP contribution in [0.5, 0.6) is 0 Å². The van der Waals surface area contributed by atoms with E-state index in [4.69, 9.17) is 9.72 Å². The SMILES string of the molecule is CCC(C)OC(=O)Cn1c(SCCCN(C(=O)C(c2ccccc2)c2ccccc2)C2CC2)nc2ccccc21. The number of ether oxygens (including phenoxy) is 1. The largest absolute Gasteiger partial charge is 0.461 e. The van der Waals surface area contributed by atoms with Crippen molar-refractivity contribution in [3.8, 4) is 0 Å². The molecule has 208 valence electrons. The number of imidazole rings is 1. The number of carbonyl (C=O) groups is 2. The number of carbonyl (C=O) groups excluding carboxylic acids is 2. The van der Waals surface area contributed by atoms with Gasteiger partial charge in [-0.2, -0.15) is 0 Å². The van der Waals surface area contributed by atoms with Gasteiger partial charge >= 0.3 is 5.97 Å². The van der Waals surface area contributed by atoms with Crippen LogP contribution in [0.3, 0.4) is 0 Å². The molecule has 5 rings (SSSR count). The van der Waals surface area contributed by atoms with Crippen LogP contribution in [0.2, 0.25) is 0 Å². The summed E-state index contributed by atoms with van der Waals surface area (Å²) in [4.78, 5) is 33.6. The normalized spacial score (nSPS) is 13.9. The summed E-state index contributed by atoms with van der Waals surface area (Å²) in [6, 6.07) is 28.4. The number of aromatic nitrogens is 2. The molecule has 7 heteroatoms. The summed E-state index contributed by atoms with van der Waals surface area (Å²) in [5, 5.41) is 0.804. The molecule has 1 heterocycles. The van der Waals surface area contributed by atoms with E-state index in [1.54, 1.807) is 11.8 Å². The van der Waals surface area contributed by atoms with Crippen LogP contribution < -0.4 is 0 Å². The van der Waals surface area contributed by atoms with Crippen LogP contribution in [0.4, 0.5) is 0 Å². The van der Waals surface area contributed by atoms with Crippen LogP contribution in [-0.4, -0.2) is 50.8 Å². The summed E-state index contributed by atoms with van der Waals surface area (Å²) in [6.45, 7) is 4.74. The van der Waals surface area contributed by atoms with Crippen molar-refractivity contribution in [1.82, 2.24) is 14.5 Å². The summed E-state index contributed by atoms with van der Waals surface area (Å²) >= 11 is 1.63. The number of rotatable bonds is 13. The molecule has 0 N–H and O–H groups in total. The van der Waals surface area contributed by atoms with E-state index in [1.165, 1.54) is 0 Å². The van der Waals surface area contributed by atoms with E-state index in [9.17, 15) is 9.59 Å². The number of thioether (sulfide) groups is 1. The number of hydrogen-bond donors (Lipinski definition) is 0. The first-order valence-electron chi connectivity index (χ1n) is 14.2. The minimum atomic E-state index is -0.309. The van der Waals surface area contributed by atoms with Crippen molar-refractivity contribution in [2.45, 2.75) is 69.3 Å². The van der Waals surface area contributed by atoms with E-state index in [1.807, 2.05) is 103 Å². The van der Waals surface area contributed by atoms with Gasteiger partial charge in [-0.3, -0.25) is 9.59 Å². The molecule has 1 fully saturated rings. The molecule has 1 aromatic heterocycles. The van der Waals surface area contributed by atoms with Gasteiger partial charge in [0.15, 0.2) is 5.16 Å². The zero-order chi connectivity index (χ0) is 27.9. The highest BCUT2D eigenvalue weighted by Crippen LogP contribution is 2.34. The first-order valence-corrected chi connectivity index (χ1v) is 15.2. The van der Waals surface area contributed by atoms with E-state index in [0.29, 0.717) is 12.6 Å². The maximum absolute atomic E-state index is 14.0. The fourth-order valence-electron chi connectivity index (χ4n) is 4.98. The Labute approximate surface area is 240 Å². The summed E-state index contributed by atoms with van der Waals surface area (Å²) in [6.07, 6.45) is 3.62. The number of nitrogens with zero attached hydrogens (tertiary/aromatic N) is 3. The zero-order valence-electron chi connectivity index (χ0n) is 23.2. The van der Waals surface area contributed by atoms with Crippen LogP contribution in [0.25, 0.3) is 11.0 Å². The lowest BCUT2D eigenvalue weighted by Gasteiger charge is -2.28. The van der Waals surface area contributed by atoms with Gasteiger partial charge in [0.05, 0.1) is 23.1 Å². The van der Waals surface area contributed by atoms with Crippen LogP contribution in [0.1, 0.15) is 56.6 Å². The van der Waals surface area contributed by atoms with Gasteiger partial charge in [0, 0.05) is 18.3 Å². The van der Waals surface area contributed by atoms with Crippen molar-refractivity contribution in [3.05, 3.63) is 96.1 Å². The number of amides is 1. The van der Waals surface area contributed by atoms with Gasteiger partial charge in [-0.25, -0.2) is 4.98 Å². The number of fused-ring (bicyclic) bond motifs is 1. The van der Waals surface area contributed by atoms with Crippen LogP contribution in [0.15, 0.2) is 90.1 Å². The molecule has 4 aromatic rings. The molecule has 1 aliphatic carbocycles. The Morgan fingerprint density at radius 2 is 1.60 bits per heavy atom. The summed E-state index contributed by atoms with van der Waals surface area (Å²) in [7, 11) is 0. The second-order valence-corrected chi connectivity index (χ2v) is 11.5. The molecule has 1 unspecified atom stereocenters. The van der Waals surface area contributed by atoms with Crippen LogP contribution in [-0.2, 0) is 20.9 Å². The lowest BCUT2D eigenvalue weighted by atomic mass is 9.90. The summed E-state index contributed by atoms with van der Waals surface area (Å²) in [5.74, 6) is 0.403. The van der Waals surface area contributed by atoms with Gasteiger partial charge in [0.1, 0.15) is 6.54 Å². The van der Waals surface area contributed by atoms with Gasteiger partial charge in [-0.1, -0.05) is 91.5 Å². The quantitative estimate of drug-likeness (QED) is 0.105. The molecule has 40 heavy (non-hydrogen) atoms. The van der Waals surface area contributed by atoms with Crippen LogP contribution >= 0.6 is 11.8 Å². The molecular formula is C33H37N3O3S. The number of esters is 1. The standard InChI is InChI=1S/C33H37N3O3S/c1-3-24(2)39-30(37)23-36-29-18-11-10-17-28(29)34-33(36)40-22-12-21-35(27-19-20-27)32(38)31(25-13-6-4-7-14-25)26-15-8-5-9-16-26/h4-11,13-18,24,27,31H,3,12,19-23H2,1-2H3. The zero-order valence-corrected chi connectivity index (χ0v) is 24.1. The van der Waals surface area contributed by atoms with E-state index < -0.39 is 0 Å². The Bertz CT molecular complexity index is 1380. The predicted octanol–water partition coefficient (Wildman–Crippen LogP) is 6.68. The Hall–Kier alpha value is -3.58.